The first kappa shape index (κ1) is 10.9. The summed E-state index contributed by atoms with van der Waals surface area (Å²) in [5.74, 6) is 0. The molecule has 1 N–H and O–H groups in total. The van der Waals surface area contributed by atoms with Gasteiger partial charge in [-0.1, -0.05) is 30.7 Å². The fraction of sp³-hybridized carbons (Fsp3) is 0.500. The topological polar surface area (TPSA) is 21.3 Å². The van der Waals surface area contributed by atoms with Crippen LogP contribution in [0, 0.1) is 0 Å². The van der Waals surface area contributed by atoms with E-state index in [1.807, 2.05) is 18.2 Å². The number of ether oxygens (including phenoxy) is 1. The van der Waals surface area contributed by atoms with Gasteiger partial charge in [-0.15, -0.1) is 0 Å². The Bertz CT molecular complexity index is 336. The quantitative estimate of drug-likeness (QED) is 0.849. The minimum Gasteiger partial charge on any atom is -0.379 e. The number of halogens is 1. The highest BCUT2D eigenvalue weighted by Gasteiger charge is 2.39. The molecule has 1 aromatic rings. The molecule has 0 aliphatic carbocycles. The van der Waals surface area contributed by atoms with Crippen molar-refractivity contribution < 1.29 is 4.74 Å². The van der Waals surface area contributed by atoms with Crippen LogP contribution in [0.5, 0.6) is 0 Å². The van der Waals surface area contributed by atoms with Gasteiger partial charge in [0.15, 0.2) is 0 Å². The van der Waals surface area contributed by atoms with Crippen LogP contribution >= 0.6 is 11.6 Å². The van der Waals surface area contributed by atoms with E-state index in [4.69, 9.17) is 16.3 Å². The predicted octanol–water partition coefficient (Wildman–Crippen LogP) is 2.22. The summed E-state index contributed by atoms with van der Waals surface area (Å²) in [6, 6.07) is 8.09. The summed E-state index contributed by atoms with van der Waals surface area (Å²) in [5.41, 5.74) is 1.42. The highest BCUT2D eigenvalue weighted by Crippen LogP contribution is 2.32. The summed E-state index contributed by atoms with van der Waals surface area (Å²) >= 11 is 6.00. The van der Waals surface area contributed by atoms with Gasteiger partial charge < -0.3 is 10.1 Å². The minimum absolute atomic E-state index is 0.140. The molecule has 15 heavy (non-hydrogen) atoms. The van der Waals surface area contributed by atoms with Crippen molar-refractivity contribution in [1.82, 2.24) is 5.32 Å². The van der Waals surface area contributed by atoms with E-state index in [9.17, 15) is 0 Å². The number of hydrogen-bond acceptors (Lipinski definition) is 2. The van der Waals surface area contributed by atoms with Crippen molar-refractivity contribution in [3.05, 3.63) is 34.9 Å². The molecule has 1 aromatic carbocycles. The van der Waals surface area contributed by atoms with Crippen LogP contribution in [0.3, 0.4) is 0 Å². The smallest absolute Gasteiger partial charge is 0.0598 e. The van der Waals surface area contributed by atoms with E-state index in [1.165, 1.54) is 5.56 Å². The Kier molecular flexibility index (Phi) is 3.29. The molecule has 3 heteroatoms. The molecule has 0 bridgehead atoms. The van der Waals surface area contributed by atoms with Gasteiger partial charge >= 0.3 is 0 Å². The van der Waals surface area contributed by atoms with E-state index in [2.05, 4.69) is 18.3 Å². The first-order valence-electron chi connectivity index (χ1n) is 5.31. The van der Waals surface area contributed by atoms with Crippen LogP contribution in [0.4, 0.5) is 0 Å². The lowest BCUT2D eigenvalue weighted by Gasteiger charge is -2.42. The van der Waals surface area contributed by atoms with Crippen LogP contribution in [-0.2, 0) is 10.2 Å². The summed E-state index contributed by atoms with van der Waals surface area (Å²) in [7, 11) is 0. The molecule has 0 radical (unpaired) electrons. The monoisotopic (exact) mass is 225 g/mol. The Morgan fingerprint density at radius 3 is 2.80 bits per heavy atom. The van der Waals surface area contributed by atoms with Gasteiger partial charge in [-0.25, -0.2) is 0 Å². The summed E-state index contributed by atoms with van der Waals surface area (Å²) in [6.45, 7) is 5.65. The van der Waals surface area contributed by atoms with Crippen LogP contribution in [0.25, 0.3) is 0 Å². The Labute approximate surface area is 95.6 Å². The summed E-state index contributed by atoms with van der Waals surface area (Å²) < 4.78 is 5.35. The molecule has 0 saturated carbocycles. The van der Waals surface area contributed by atoms with Gasteiger partial charge in [0.2, 0.25) is 0 Å². The maximum atomic E-state index is 6.00. The average Bonchev–Trinajstić information content (AvgIpc) is 2.16. The maximum Gasteiger partial charge on any atom is 0.0598 e. The number of rotatable bonds is 4. The number of likely N-dealkylation sites (N-methyl/N-ethyl adjacent to an activating group) is 1. The molecular formula is C12H16ClNO. The molecule has 0 amide bonds. The molecule has 1 saturated heterocycles. The summed E-state index contributed by atoms with van der Waals surface area (Å²) in [4.78, 5) is 0. The molecule has 0 atom stereocenters. The van der Waals surface area contributed by atoms with E-state index in [0.29, 0.717) is 0 Å². The lowest BCUT2D eigenvalue weighted by Crippen LogP contribution is -2.53. The van der Waals surface area contributed by atoms with E-state index < -0.39 is 0 Å². The average molecular weight is 226 g/mol. The first-order chi connectivity index (χ1) is 7.27. The standard InChI is InChI=1S/C12H16ClNO/c1-2-14-7-12(8-15-9-12)10-4-3-5-11(13)6-10/h3-6,14H,2,7-9H2,1H3. The SMILES string of the molecule is CCNCC1(c2cccc(Cl)c2)COC1. The largest absolute Gasteiger partial charge is 0.379 e. The van der Waals surface area contributed by atoms with Crippen LogP contribution < -0.4 is 5.32 Å². The Hall–Kier alpha value is -0.570. The number of benzene rings is 1. The molecule has 0 unspecified atom stereocenters. The third kappa shape index (κ3) is 2.17. The molecule has 1 aliphatic heterocycles. The van der Waals surface area contributed by atoms with Crippen molar-refractivity contribution in [3.8, 4) is 0 Å². The van der Waals surface area contributed by atoms with Gasteiger partial charge in [0.05, 0.1) is 18.6 Å². The van der Waals surface area contributed by atoms with E-state index >= 15 is 0 Å². The van der Waals surface area contributed by atoms with Gasteiger partial charge in [0.1, 0.15) is 0 Å². The van der Waals surface area contributed by atoms with Crippen LogP contribution in [-0.4, -0.2) is 26.3 Å². The van der Waals surface area contributed by atoms with Gasteiger partial charge in [0.25, 0.3) is 0 Å². The second-order valence-electron chi connectivity index (χ2n) is 4.06. The van der Waals surface area contributed by atoms with Crippen LogP contribution in [0.1, 0.15) is 12.5 Å². The van der Waals surface area contributed by atoms with Gasteiger partial charge in [-0.3, -0.25) is 0 Å². The van der Waals surface area contributed by atoms with E-state index in [1.54, 1.807) is 0 Å². The Morgan fingerprint density at radius 1 is 1.47 bits per heavy atom. The second-order valence-corrected chi connectivity index (χ2v) is 4.50. The fourth-order valence-electron chi connectivity index (χ4n) is 1.90. The third-order valence-corrected chi connectivity index (χ3v) is 3.14. The van der Waals surface area contributed by atoms with Crippen molar-refractivity contribution in [2.45, 2.75) is 12.3 Å². The third-order valence-electron chi connectivity index (χ3n) is 2.91. The highest BCUT2D eigenvalue weighted by molar-refractivity contribution is 6.30. The fourth-order valence-corrected chi connectivity index (χ4v) is 2.09. The Balaban J connectivity index is 2.18. The lowest BCUT2D eigenvalue weighted by atomic mass is 9.78. The van der Waals surface area contributed by atoms with Crippen molar-refractivity contribution in [1.29, 1.82) is 0 Å². The predicted molar refractivity (Wildman–Crippen MR) is 62.5 cm³/mol. The lowest BCUT2D eigenvalue weighted by molar-refractivity contribution is -0.0588. The van der Waals surface area contributed by atoms with Crippen LogP contribution in [0.2, 0.25) is 5.02 Å². The van der Waals surface area contributed by atoms with Gasteiger partial charge in [-0.05, 0) is 24.2 Å². The van der Waals surface area contributed by atoms with E-state index in [0.717, 1.165) is 31.3 Å². The van der Waals surface area contributed by atoms with Gasteiger partial charge in [-0.2, -0.15) is 0 Å². The molecule has 2 rings (SSSR count). The summed E-state index contributed by atoms with van der Waals surface area (Å²) in [5, 5.41) is 4.19. The number of nitrogens with one attached hydrogen (secondary N) is 1. The molecule has 1 heterocycles. The normalized spacial score (nSPS) is 18.5. The highest BCUT2D eigenvalue weighted by atomic mass is 35.5. The van der Waals surface area contributed by atoms with Gasteiger partial charge in [0, 0.05) is 11.6 Å². The zero-order valence-electron chi connectivity index (χ0n) is 8.92. The molecule has 0 spiro atoms. The second kappa shape index (κ2) is 4.52. The van der Waals surface area contributed by atoms with Crippen LogP contribution in [0.15, 0.2) is 24.3 Å². The summed E-state index contributed by atoms with van der Waals surface area (Å²) in [6.07, 6.45) is 0. The maximum absolute atomic E-state index is 6.00. The zero-order chi connectivity index (χ0) is 10.7. The zero-order valence-corrected chi connectivity index (χ0v) is 9.68. The van der Waals surface area contributed by atoms with Crippen molar-refractivity contribution >= 4 is 11.6 Å². The molecule has 82 valence electrons. The molecule has 2 nitrogen and oxygen atoms in total. The molecule has 1 fully saturated rings. The molecule has 1 aliphatic rings. The van der Waals surface area contributed by atoms with Crippen molar-refractivity contribution in [3.63, 3.8) is 0 Å². The number of hydrogen-bond donors (Lipinski definition) is 1. The Morgan fingerprint density at radius 2 is 2.27 bits per heavy atom. The molecular weight excluding hydrogens is 210 g/mol. The first-order valence-corrected chi connectivity index (χ1v) is 5.69. The molecule has 0 aromatic heterocycles. The van der Waals surface area contributed by atoms with Crippen molar-refractivity contribution in [2.75, 3.05) is 26.3 Å². The van der Waals surface area contributed by atoms with E-state index in [-0.39, 0.29) is 5.41 Å². The minimum atomic E-state index is 0.140. The van der Waals surface area contributed by atoms with Crippen molar-refractivity contribution in [2.24, 2.45) is 0 Å².